The summed E-state index contributed by atoms with van der Waals surface area (Å²) in [7, 11) is 0. The van der Waals surface area contributed by atoms with Gasteiger partial charge in [0, 0.05) is 18.2 Å². The summed E-state index contributed by atoms with van der Waals surface area (Å²) < 4.78 is 2.12. The molecular weight excluding hydrogens is 354 g/mol. The number of aromatic nitrogens is 7. The summed E-state index contributed by atoms with van der Waals surface area (Å²) in [6.45, 7) is 2.22. The van der Waals surface area contributed by atoms with Crippen LogP contribution in [0.15, 0.2) is 30.9 Å². The Hall–Kier alpha value is -3.54. The van der Waals surface area contributed by atoms with Gasteiger partial charge in [0.2, 0.25) is 0 Å². The van der Waals surface area contributed by atoms with Gasteiger partial charge in [-0.05, 0) is 24.8 Å². The van der Waals surface area contributed by atoms with E-state index in [4.69, 9.17) is 5.26 Å². The van der Waals surface area contributed by atoms with E-state index in [-0.39, 0.29) is 6.04 Å². The van der Waals surface area contributed by atoms with Gasteiger partial charge >= 0.3 is 0 Å². The van der Waals surface area contributed by atoms with E-state index in [2.05, 4.69) is 46.8 Å². The molecule has 1 unspecified atom stereocenters. The molecule has 0 saturated heterocycles. The number of nitriles is 1. The maximum absolute atomic E-state index is 8.87. The highest BCUT2D eigenvalue weighted by Gasteiger charge is 2.37. The van der Waals surface area contributed by atoms with Crippen molar-refractivity contribution >= 4 is 22.6 Å². The molecule has 9 nitrogen and oxygen atoms in total. The molecule has 1 aliphatic carbocycles. The molecular formula is C19H19N9. The van der Waals surface area contributed by atoms with Crippen molar-refractivity contribution in [2.24, 2.45) is 5.92 Å². The molecule has 0 bridgehead atoms. The maximum Gasteiger partial charge on any atom is 0.179 e. The first kappa shape index (κ1) is 16.6. The second-order valence-electron chi connectivity index (χ2n) is 7.21. The van der Waals surface area contributed by atoms with Crippen LogP contribution in [0.4, 0.5) is 5.82 Å². The lowest BCUT2D eigenvalue weighted by atomic mass is 9.93. The lowest BCUT2D eigenvalue weighted by Gasteiger charge is -2.15. The second kappa shape index (κ2) is 6.56. The molecule has 140 valence electrons. The first-order valence-electron chi connectivity index (χ1n) is 9.42. The summed E-state index contributed by atoms with van der Waals surface area (Å²) in [4.78, 5) is 15.9. The smallest absolute Gasteiger partial charge is 0.179 e. The number of nitrogens with one attached hydrogen (secondary N) is 2. The number of aromatic amines is 1. The lowest BCUT2D eigenvalue weighted by molar-refractivity contribution is 0.451. The van der Waals surface area contributed by atoms with Crippen LogP contribution in [0.5, 0.6) is 0 Å². The number of anilines is 1. The minimum atomic E-state index is 0.271. The number of hydrogen-bond acceptors (Lipinski definition) is 7. The van der Waals surface area contributed by atoms with E-state index in [9.17, 15) is 0 Å². The first-order valence-corrected chi connectivity index (χ1v) is 9.42. The van der Waals surface area contributed by atoms with Gasteiger partial charge in [-0.1, -0.05) is 13.3 Å². The minimum absolute atomic E-state index is 0.271. The highest BCUT2D eigenvalue weighted by atomic mass is 15.3. The molecule has 0 radical (unpaired) electrons. The summed E-state index contributed by atoms with van der Waals surface area (Å²) in [6, 6.07) is 4.28. The van der Waals surface area contributed by atoms with Gasteiger partial charge in [-0.25, -0.2) is 15.0 Å². The van der Waals surface area contributed by atoms with Crippen molar-refractivity contribution in [3.8, 4) is 6.07 Å². The number of nitrogens with zero attached hydrogens (tertiary/aromatic N) is 7. The van der Waals surface area contributed by atoms with Crippen molar-refractivity contribution in [2.75, 3.05) is 5.32 Å². The highest BCUT2D eigenvalue weighted by Crippen LogP contribution is 2.42. The van der Waals surface area contributed by atoms with E-state index in [1.54, 1.807) is 12.4 Å². The van der Waals surface area contributed by atoms with Gasteiger partial charge in [0.1, 0.15) is 17.7 Å². The van der Waals surface area contributed by atoms with Crippen LogP contribution in [-0.2, 0) is 0 Å². The van der Waals surface area contributed by atoms with Crippen molar-refractivity contribution in [3.63, 3.8) is 0 Å². The highest BCUT2D eigenvalue weighted by molar-refractivity contribution is 5.74. The Kier molecular flexibility index (Phi) is 3.90. The molecule has 1 aliphatic rings. The third-order valence-corrected chi connectivity index (χ3v) is 5.64. The molecule has 9 heteroatoms. The molecule has 28 heavy (non-hydrogen) atoms. The van der Waals surface area contributed by atoms with Crippen molar-refractivity contribution in [3.05, 3.63) is 42.4 Å². The number of hydrogen-bond donors (Lipinski definition) is 2. The van der Waals surface area contributed by atoms with Gasteiger partial charge < -0.3 is 10.3 Å². The van der Waals surface area contributed by atoms with Gasteiger partial charge in [0.05, 0.1) is 24.1 Å². The van der Waals surface area contributed by atoms with Gasteiger partial charge in [-0.3, -0.25) is 4.40 Å². The molecule has 4 aromatic rings. The fourth-order valence-electron chi connectivity index (χ4n) is 4.32. The van der Waals surface area contributed by atoms with Crippen LogP contribution in [-0.4, -0.2) is 40.6 Å². The standard InChI is InChI=1S/C19H19N9/c1-2-11-5-12(25-16-9-22-13(7-20)8-23-16)6-14(11)19-27-26-17-10-24-18-15(28(17)19)3-4-21-18/h3-4,8-12,14,21H,2,5-6H2,1H3,(H,23,25)/t11?,12-,14-/m0/s1. The Morgan fingerprint density at radius 3 is 2.93 bits per heavy atom. The molecule has 4 heterocycles. The fraction of sp³-hybridized carbons (Fsp3) is 0.368. The van der Waals surface area contributed by atoms with E-state index in [1.807, 2.05) is 18.3 Å². The SMILES string of the molecule is CCC1C[C@H](Nc2cnc(C#N)cn2)C[C@@H]1c1nnc2cnc3[nH]ccc3n12. The van der Waals surface area contributed by atoms with Crippen molar-refractivity contribution in [1.29, 1.82) is 5.26 Å². The summed E-state index contributed by atoms with van der Waals surface area (Å²) >= 11 is 0. The largest absolute Gasteiger partial charge is 0.366 e. The number of rotatable bonds is 4. The van der Waals surface area contributed by atoms with Crippen molar-refractivity contribution < 1.29 is 0 Å². The van der Waals surface area contributed by atoms with Crippen LogP contribution in [0, 0.1) is 17.2 Å². The van der Waals surface area contributed by atoms with E-state index < -0.39 is 0 Å². The van der Waals surface area contributed by atoms with E-state index in [0.717, 1.165) is 41.9 Å². The molecule has 3 atom stereocenters. The minimum Gasteiger partial charge on any atom is -0.366 e. The van der Waals surface area contributed by atoms with Gasteiger partial charge in [0.25, 0.3) is 0 Å². The molecule has 4 aromatic heterocycles. The van der Waals surface area contributed by atoms with Crippen LogP contribution < -0.4 is 5.32 Å². The molecule has 0 spiro atoms. The quantitative estimate of drug-likeness (QED) is 0.564. The average molecular weight is 373 g/mol. The number of fused-ring (bicyclic) bond motifs is 3. The Balaban J connectivity index is 1.46. The van der Waals surface area contributed by atoms with Gasteiger partial charge in [-0.15, -0.1) is 10.2 Å². The molecule has 1 saturated carbocycles. The number of H-pyrrole nitrogens is 1. The van der Waals surface area contributed by atoms with Crippen LogP contribution >= 0.6 is 0 Å². The summed E-state index contributed by atoms with van der Waals surface area (Å²) in [6.07, 6.45) is 9.79. The van der Waals surface area contributed by atoms with Gasteiger partial charge in [-0.2, -0.15) is 5.26 Å². The van der Waals surface area contributed by atoms with Crippen molar-refractivity contribution in [2.45, 2.75) is 38.1 Å². The molecule has 0 aromatic carbocycles. The summed E-state index contributed by atoms with van der Waals surface area (Å²) in [5.41, 5.74) is 2.93. The Morgan fingerprint density at radius 2 is 2.14 bits per heavy atom. The molecule has 5 rings (SSSR count). The average Bonchev–Trinajstić information content (AvgIpc) is 3.45. The zero-order valence-electron chi connectivity index (χ0n) is 15.4. The second-order valence-corrected chi connectivity index (χ2v) is 7.21. The topological polar surface area (TPSA) is 120 Å². The van der Waals surface area contributed by atoms with E-state index in [1.165, 1.54) is 6.20 Å². The Bertz CT molecular complexity index is 1170. The van der Waals surface area contributed by atoms with E-state index >= 15 is 0 Å². The van der Waals surface area contributed by atoms with Crippen LogP contribution in [0.2, 0.25) is 0 Å². The lowest BCUT2D eigenvalue weighted by Crippen LogP contribution is -2.17. The normalized spacial score (nSPS) is 21.9. The van der Waals surface area contributed by atoms with Crippen LogP contribution in [0.1, 0.15) is 43.6 Å². The van der Waals surface area contributed by atoms with E-state index in [0.29, 0.717) is 23.3 Å². The maximum atomic E-state index is 8.87. The zero-order chi connectivity index (χ0) is 19.1. The third-order valence-electron chi connectivity index (χ3n) is 5.64. The molecule has 0 aliphatic heterocycles. The summed E-state index contributed by atoms with van der Waals surface area (Å²) in [5, 5.41) is 21.2. The van der Waals surface area contributed by atoms with Gasteiger partial charge in [0.15, 0.2) is 17.0 Å². The molecule has 2 N–H and O–H groups in total. The monoisotopic (exact) mass is 373 g/mol. The van der Waals surface area contributed by atoms with Crippen LogP contribution in [0.3, 0.4) is 0 Å². The third kappa shape index (κ3) is 2.65. The van der Waals surface area contributed by atoms with Crippen molar-refractivity contribution in [1.82, 2.24) is 34.5 Å². The molecule has 0 amide bonds. The first-order chi connectivity index (χ1) is 13.8. The molecule has 1 fully saturated rings. The Morgan fingerprint density at radius 1 is 1.21 bits per heavy atom. The predicted octanol–water partition coefficient (Wildman–Crippen LogP) is 2.65. The Labute approximate surface area is 160 Å². The summed E-state index contributed by atoms with van der Waals surface area (Å²) in [5.74, 6) is 2.48. The predicted molar refractivity (Wildman–Crippen MR) is 103 cm³/mol. The van der Waals surface area contributed by atoms with Crippen LogP contribution in [0.25, 0.3) is 16.8 Å². The zero-order valence-corrected chi connectivity index (χ0v) is 15.4. The fourth-order valence-corrected chi connectivity index (χ4v) is 4.32.